The smallest absolute Gasteiger partial charge is 0.414 e. The average molecular weight is 676 g/mol. The van der Waals surface area contributed by atoms with Crippen molar-refractivity contribution in [3.05, 3.63) is 121 Å². The maximum Gasteiger partial charge on any atom is 0.414 e. The number of carbonyl (C=O) groups is 1. The highest BCUT2D eigenvalue weighted by molar-refractivity contribution is 5.91. The second-order valence-corrected chi connectivity index (χ2v) is 15.3. The van der Waals surface area contributed by atoms with Gasteiger partial charge in [0.25, 0.3) is 0 Å². The van der Waals surface area contributed by atoms with Crippen molar-refractivity contribution < 1.29 is 23.7 Å². The molecule has 50 heavy (non-hydrogen) atoms. The van der Waals surface area contributed by atoms with Gasteiger partial charge in [-0.15, -0.1) is 0 Å². The molecule has 0 saturated carbocycles. The van der Waals surface area contributed by atoms with Crippen molar-refractivity contribution in [2.24, 2.45) is 0 Å². The Morgan fingerprint density at radius 3 is 1.60 bits per heavy atom. The Kier molecular flexibility index (Phi) is 9.80. The summed E-state index contributed by atoms with van der Waals surface area (Å²) in [5.41, 5.74) is 16.3. The molecule has 1 amide bonds. The number of benzene rings is 4. The van der Waals surface area contributed by atoms with Crippen molar-refractivity contribution >= 4 is 11.8 Å². The van der Waals surface area contributed by atoms with Crippen LogP contribution in [0.15, 0.2) is 48.5 Å². The molecule has 6 rings (SSSR count). The highest BCUT2D eigenvalue weighted by atomic mass is 16.6. The van der Waals surface area contributed by atoms with Crippen LogP contribution in [0.3, 0.4) is 0 Å². The molecule has 0 aromatic heterocycles. The maximum absolute atomic E-state index is 13.1. The van der Waals surface area contributed by atoms with Gasteiger partial charge >= 0.3 is 6.09 Å². The van der Waals surface area contributed by atoms with Gasteiger partial charge in [-0.25, -0.2) is 4.79 Å². The molecule has 2 aliphatic rings. The number of hydrogen-bond acceptors (Lipinski definition) is 5. The van der Waals surface area contributed by atoms with Gasteiger partial charge in [0.05, 0.1) is 18.8 Å². The molecule has 0 radical (unpaired) electrons. The Morgan fingerprint density at radius 2 is 1.08 bits per heavy atom. The zero-order valence-electron chi connectivity index (χ0n) is 31.8. The number of epoxide rings is 1. The van der Waals surface area contributed by atoms with Crippen LogP contribution in [0, 0.1) is 62.3 Å². The molecule has 4 aromatic rings. The summed E-state index contributed by atoms with van der Waals surface area (Å²) in [5.74, 6) is 1.79. The number of anilines is 1. The Labute approximate surface area is 298 Å². The molecule has 264 valence electrons. The summed E-state index contributed by atoms with van der Waals surface area (Å²) in [6.45, 7) is 25.8. The van der Waals surface area contributed by atoms with Gasteiger partial charge in [0.1, 0.15) is 30.8 Å². The largest absolute Gasteiger partial charge is 0.490 e. The molecule has 0 aliphatic carbocycles. The molecule has 2 atom stereocenters. The summed E-state index contributed by atoms with van der Waals surface area (Å²) in [4.78, 5) is 14.9. The van der Waals surface area contributed by atoms with E-state index in [0.29, 0.717) is 19.8 Å². The van der Waals surface area contributed by atoms with Crippen LogP contribution >= 0.6 is 0 Å². The van der Waals surface area contributed by atoms with E-state index in [1.807, 2.05) is 0 Å². The van der Waals surface area contributed by atoms with Crippen LogP contribution in [0.5, 0.6) is 11.5 Å². The lowest BCUT2D eigenvalue weighted by atomic mass is 9.76. The van der Waals surface area contributed by atoms with E-state index < -0.39 is 0 Å². The van der Waals surface area contributed by atoms with E-state index >= 15 is 0 Å². The molecule has 2 unspecified atom stereocenters. The van der Waals surface area contributed by atoms with Crippen LogP contribution in [0.25, 0.3) is 0 Å². The lowest BCUT2D eigenvalue weighted by molar-refractivity contribution is 0.104. The number of ether oxygens (including phenoxy) is 4. The standard InChI is InChI=1S/C44H53NO5/c1-25-12-27(3)34(13-26(25)2)20-35-14-29(5)40(19-28(35)4)45-21-38(50-43(45)46)22-48-41-30(6)15-36(16-31(41)7)44(10,11)37-17-32(8)42(33(9)18-37)49-24-39-23-47-39/h12-19,38-39H,20-24H2,1-11H3. The van der Waals surface area contributed by atoms with E-state index in [1.54, 1.807) is 4.90 Å². The van der Waals surface area contributed by atoms with Gasteiger partial charge in [-0.05, 0) is 147 Å². The second kappa shape index (κ2) is 13.8. The predicted molar refractivity (Wildman–Crippen MR) is 202 cm³/mol. The SMILES string of the molecule is Cc1cc(C)c(Cc2cc(C)c(N3CC(COc4c(C)cc(C(C)(C)c5cc(C)c(OCC6CO6)c(C)c5)cc4C)OC3=O)cc2C)cc1C. The summed E-state index contributed by atoms with van der Waals surface area (Å²) in [6.07, 6.45) is 0.401. The van der Waals surface area contributed by atoms with E-state index in [2.05, 4.69) is 125 Å². The van der Waals surface area contributed by atoms with Crippen LogP contribution in [-0.4, -0.2) is 44.7 Å². The number of amides is 1. The molecule has 0 bridgehead atoms. The first kappa shape index (κ1) is 35.5. The highest BCUT2D eigenvalue weighted by Gasteiger charge is 2.34. The number of aryl methyl sites for hydroxylation is 9. The van der Waals surface area contributed by atoms with E-state index in [-0.39, 0.29) is 23.7 Å². The predicted octanol–water partition coefficient (Wildman–Crippen LogP) is 9.56. The minimum absolute atomic E-state index is 0.228. The van der Waals surface area contributed by atoms with Crippen LogP contribution < -0.4 is 14.4 Å². The van der Waals surface area contributed by atoms with Crippen LogP contribution in [-0.2, 0) is 21.3 Å². The van der Waals surface area contributed by atoms with E-state index in [4.69, 9.17) is 18.9 Å². The van der Waals surface area contributed by atoms with E-state index in [0.717, 1.165) is 58.0 Å². The highest BCUT2D eigenvalue weighted by Crippen LogP contribution is 2.39. The van der Waals surface area contributed by atoms with Crippen molar-refractivity contribution in [2.75, 3.05) is 31.3 Å². The number of rotatable bonds is 11. The molecule has 2 aliphatic heterocycles. The van der Waals surface area contributed by atoms with Crippen molar-refractivity contribution in [3.63, 3.8) is 0 Å². The van der Waals surface area contributed by atoms with Crippen molar-refractivity contribution in [1.29, 1.82) is 0 Å². The van der Waals surface area contributed by atoms with Gasteiger partial charge in [-0.1, -0.05) is 56.3 Å². The lowest BCUT2D eigenvalue weighted by Gasteiger charge is -2.29. The normalized spacial score (nSPS) is 17.3. The van der Waals surface area contributed by atoms with Gasteiger partial charge in [-0.3, -0.25) is 4.90 Å². The Morgan fingerprint density at radius 1 is 0.620 bits per heavy atom. The Bertz CT molecular complexity index is 1910. The van der Waals surface area contributed by atoms with Crippen LogP contribution in [0.1, 0.15) is 86.2 Å². The summed E-state index contributed by atoms with van der Waals surface area (Å²) in [5, 5.41) is 0. The van der Waals surface area contributed by atoms with E-state index in [1.165, 1.54) is 44.5 Å². The molecule has 2 saturated heterocycles. The van der Waals surface area contributed by atoms with Crippen molar-refractivity contribution in [1.82, 2.24) is 0 Å². The fourth-order valence-electron chi connectivity index (χ4n) is 7.32. The Hall–Kier alpha value is -4.29. The van der Waals surface area contributed by atoms with E-state index in [9.17, 15) is 4.79 Å². The summed E-state index contributed by atoms with van der Waals surface area (Å²) in [6, 6.07) is 17.9. The molecule has 0 N–H and O–H groups in total. The third-order valence-corrected chi connectivity index (χ3v) is 10.7. The van der Waals surface area contributed by atoms with Crippen LogP contribution in [0.4, 0.5) is 10.5 Å². The topological polar surface area (TPSA) is 60.5 Å². The number of hydrogen-bond donors (Lipinski definition) is 0. The lowest BCUT2D eigenvalue weighted by Crippen LogP contribution is -2.27. The molecule has 2 fully saturated rings. The molecule has 4 aromatic carbocycles. The Balaban J connectivity index is 1.13. The minimum Gasteiger partial charge on any atom is -0.490 e. The summed E-state index contributed by atoms with van der Waals surface area (Å²) >= 11 is 0. The van der Waals surface area contributed by atoms with Gasteiger partial charge in [-0.2, -0.15) is 0 Å². The third kappa shape index (κ3) is 7.27. The summed E-state index contributed by atoms with van der Waals surface area (Å²) in [7, 11) is 0. The molecule has 2 heterocycles. The molecular weight excluding hydrogens is 622 g/mol. The zero-order chi connectivity index (χ0) is 36.1. The zero-order valence-corrected chi connectivity index (χ0v) is 31.8. The molecule has 6 nitrogen and oxygen atoms in total. The number of cyclic esters (lactones) is 1. The van der Waals surface area contributed by atoms with Gasteiger partial charge < -0.3 is 18.9 Å². The third-order valence-electron chi connectivity index (χ3n) is 10.7. The molecule has 0 spiro atoms. The second-order valence-electron chi connectivity index (χ2n) is 15.3. The molecular formula is C44H53NO5. The quantitative estimate of drug-likeness (QED) is 0.148. The number of carbonyl (C=O) groups excluding carboxylic acids is 1. The van der Waals surface area contributed by atoms with Gasteiger partial charge in [0.2, 0.25) is 0 Å². The van der Waals surface area contributed by atoms with Crippen molar-refractivity contribution in [2.45, 2.75) is 100 Å². The fourth-order valence-corrected chi connectivity index (χ4v) is 7.32. The first-order chi connectivity index (χ1) is 23.6. The number of nitrogens with zero attached hydrogens (tertiary/aromatic N) is 1. The minimum atomic E-state index is -0.367. The fraction of sp³-hybridized carbons (Fsp3) is 0.432. The van der Waals surface area contributed by atoms with Gasteiger partial charge in [0.15, 0.2) is 6.10 Å². The first-order valence-corrected chi connectivity index (χ1v) is 17.9. The molecule has 6 heteroatoms. The monoisotopic (exact) mass is 675 g/mol. The van der Waals surface area contributed by atoms with Crippen molar-refractivity contribution in [3.8, 4) is 11.5 Å². The first-order valence-electron chi connectivity index (χ1n) is 17.9. The average Bonchev–Trinajstić information content (AvgIpc) is 3.80. The summed E-state index contributed by atoms with van der Waals surface area (Å²) < 4.78 is 23.7. The maximum atomic E-state index is 13.1. The van der Waals surface area contributed by atoms with Crippen LogP contribution in [0.2, 0.25) is 0 Å². The van der Waals surface area contributed by atoms with Gasteiger partial charge in [0, 0.05) is 5.41 Å².